The monoisotopic (exact) mass is 310 g/mol. The summed E-state index contributed by atoms with van der Waals surface area (Å²) in [5.41, 5.74) is 0. The summed E-state index contributed by atoms with van der Waals surface area (Å²) >= 11 is 1.98. The van der Waals surface area contributed by atoms with Gasteiger partial charge in [-0.2, -0.15) is 16.7 Å². The van der Waals surface area contributed by atoms with E-state index in [9.17, 15) is 0 Å². The molecule has 0 saturated carbocycles. The fourth-order valence-electron chi connectivity index (χ4n) is 3.25. The summed E-state index contributed by atoms with van der Waals surface area (Å²) in [7, 11) is 2.15. The van der Waals surface area contributed by atoms with Crippen molar-refractivity contribution in [2.75, 3.05) is 38.2 Å². The molecule has 118 valence electrons. The molecule has 21 heavy (non-hydrogen) atoms. The van der Waals surface area contributed by atoms with E-state index >= 15 is 0 Å². The van der Waals surface area contributed by atoms with Gasteiger partial charge in [0.05, 0.1) is 6.04 Å². The number of rotatable bonds is 4. The van der Waals surface area contributed by atoms with E-state index in [-0.39, 0.29) is 0 Å². The predicted octanol–water partition coefficient (Wildman–Crippen LogP) is 1.97. The predicted molar refractivity (Wildman–Crippen MR) is 85.5 cm³/mol. The molecule has 1 aromatic rings. The maximum absolute atomic E-state index is 5.51. The molecule has 3 atom stereocenters. The molecule has 5 nitrogen and oxygen atoms in total. The largest absolute Gasteiger partial charge is 0.339 e. The third kappa shape index (κ3) is 3.79. The lowest BCUT2D eigenvalue weighted by molar-refractivity contribution is 0.249. The highest BCUT2D eigenvalue weighted by Crippen LogP contribution is 2.27. The molecular formula is C15H26N4OS. The average molecular weight is 310 g/mol. The van der Waals surface area contributed by atoms with Gasteiger partial charge in [-0.3, -0.25) is 4.90 Å². The second-order valence-corrected chi connectivity index (χ2v) is 7.56. The van der Waals surface area contributed by atoms with Gasteiger partial charge in [-0.25, -0.2) is 0 Å². The second kappa shape index (κ2) is 7.11. The molecule has 0 amide bonds. The highest BCUT2D eigenvalue weighted by atomic mass is 32.2. The maximum Gasteiger partial charge on any atom is 0.226 e. The first-order valence-corrected chi connectivity index (χ1v) is 9.20. The van der Waals surface area contributed by atoms with Crippen LogP contribution in [0.5, 0.6) is 0 Å². The normalized spacial score (nSPS) is 29.4. The minimum Gasteiger partial charge on any atom is -0.339 e. The fraction of sp³-hybridized carbons (Fsp3) is 0.867. The van der Waals surface area contributed by atoms with Crippen molar-refractivity contribution in [3.63, 3.8) is 0 Å². The molecule has 3 rings (SSSR count). The van der Waals surface area contributed by atoms with Crippen LogP contribution in [0.1, 0.15) is 37.5 Å². The average Bonchev–Trinajstić information content (AvgIpc) is 2.97. The molecule has 2 fully saturated rings. The quantitative estimate of drug-likeness (QED) is 0.917. The van der Waals surface area contributed by atoms with Crippen LogP contribution in [0.4, 0.5) is 0 Å². The molecule has 2 aliphatic rings. The highest BCUT2D eigenvalue weighted by molar-refractivity contribution is 7.99. The van der Waals surface area contributed by atoms with Crippen LogP contribution in [0.15, 0.2) is 4.52 Å². The lowest BCUT2D eigenvalue weighted by Crippen LogP contribution is -2.34. The Morgan fingerprint density at radius 3 is 3.19 bits per heavy atom. The molecule has 1 aromatic heterocycles. The molecule has 3 heterocycles. The van der Waals surface area contributed by atoms with E-state index < -0.39 is 0 Å². The van der Waals surface area contributed by atoms with Gasteiger partial charge < -0.3 is 9.84 Å². The SMILES string of the molecule is CC(Cc1nc(C2CSCCN2C)no1)C1CCCNC1. The zero-order chi connectivity index (χ0) is 14.7. The molecule has 2 saturated heterocycles. The number of piperidine rings is 1. The van der Waals surface area contributed by atoms with Gasteiger partial charge in [-0.15, -0.1) is 0 Å². The Bertz CT molecular complexity index is 447. The maximum atomic E-state index is 5.51. The minimum absolute atomic E-state index is 0.313. The van der Waals surface area contributed by atoms with Crippen LogP contribution in [0.3, 0.4) is 0 Å². The van der Waals surface area contributed by atoms with Crippen LogP contribution in [0, 0.1) is 11.8 Å². The molecular weight excluding hydrogens is 284 g/mol. The zero-order valence-corrected chi connectivity index (χ0v) is 13.9. The summed E-state index contributed by atoms with van der Waals surface area (Å²) in [6, 6.07) is 0.313. The van der Waals surface area contributed by atoms with Crippen LogP contribution >= 0.6 is 11.8 Å². The van der Waals surface area contributed by atoms with Gasteiger partial charge in [-0.05, 0) is 44.8 Å². The standard InChI is InChI=1S/C15H26N4OS/c1-11(12-4-3-5-16-9-12)8-14-17-15(18-20-14)13-10-21-7-6-19(13)2/h11-13,16H,3-10H2,1-2H3. The topological polar surface area (TPSA) is 54.2 Å². The van der Waals surface area contributed by atoms with Crippen molar-refractivity contribution >= 4 is 11.8 Å². The Labute approximate surface area is 131 Å². The third-order valence-electron chi connectivity index (χ3n) is 4.81. The summed E-state index contributed by atoms with van der Waals surface area (Å²) in [5, 5.41) is 7.72. The van der Waals surface area contributed by atoms with Crippen LogP contribution in [-0.2, 0) is 6.42 Å². The molecule has 0 bridgehead atoms. The molecule has 0 aliphatic carbocycles. The van der Waals surface area contributed by atoms with Gasteiger partial charge in [-0.1, -0.05) is 12.1 Å². The van der Waals surface area contributed by atoms with Crippen molar-refractivity contribution in [3.8, 4) is 0 Å². The first-order chi connectivity index (χ1) is 10.2. The first kappa shape index (κ1) is 15.3. The van der Waals surface area contributed by atoms with Crippen LogP contribution in [0.2, 0.25) is 0 Å². The van der Waals surface area contributed by atoms with Gasteiger partial charge in [0, 0.05) is 24.5 Å². The number of nitrogens with one attached hydrogen (secondary N) is 1. The summed E-state index contributed by atoms with van der Waals surface area (Å²) in [5.74, 6) is 5.29. The third-order valence-corrected chi connectivity index (χ3v) is 5.84. The Morgan fingerprint density at radius 1 is 1.52 bits per heavy atom. The van der Waals surface area contributed by atoms with Crippen LogP contribution in [-0.4, -0.2) is 53.2 Å². The van der Waals surface area contributed by atoms with E-state index in [1.807, 2.05) is 11.8 Å². The van der Waals surface area contributed by atoms with Crippen molar-refractivity contribution in [3.05, 3.63) is 11.7 Å². The van der Waals surface area contributed by atoms with E-state index in [0.717, 1.165) is 42.9 Å². The molecule has 0 radical (unpaired) electrons. The van der Waals surface area contributed by atoms with Gasteiger partial charge >= 0.3 is 0 Å². The first-order valence-electron chi connectivity index (χ1n) is 8.05. The van der Waals surface area contributed by atoms with Crippen LogP contribution in [0.25, 0.3) is 0 Å². The summed E-state index contributed by atoms with van der Waals surface area (Å²) in [6.45, 7) is 5.71. The van der Waals surface area contributed by atoms with E-state index in [4.69, 9.17) is 4.52 Å². The number of thioether (sulfide) groups is 1. The Kier molecular flexibility index (Phi) is 5.19. The van der Waals surface area contributed by atoms with Crippen molar-refractivity contribution in [1.29, 1.82) is 0 Å². The van der Waals surface area contributed by atoms with Gasteiger partial charge in [0.2, 0.25) is 5.89 Å². The number of hydrogen-bond acceptors (Lipinski definition) is 6. The van der Waals surface area contributed by atoms with Crippen molar-refractivity contribution in [2.24, 2.45) is 11.8 Å². The molecule has 3 unspecified atom stereocenters. The van der Waals surface area contributed by atoms with Crippen molar-refractivity contribution < 1.29 is 4.52 Å². The highest BCUT2D eigenvalue weighted by Gasteiger charge is 2.27. The molecule has 0 spiro atoms. The molecule has 1 N–H and O–H groups in total. The van der Waals surface area contributed by atoms with E-state index in [1.165, 1.54) is 25.1 Å². The lowest BCUT2D eigenvalue weighted by atomic mass is 9.85. The summed E-state index contributed by atoms with van der Waals surface area (Å²) < 4.78 is 5.51. The van der Waals surface area contributed by atoms with Crippen LogP contribution < -0.4 is 5.32 Å². The number of aromatic nitrogens is 2. The number of nitrogens with zero attached hydrogens (tertiary/aromatic N) is 3. The summed E-state index contributed by atoms with van der Waals surface area (Å²) in [4.78, 5) is 7.00. The molecule has 2 aliphatic heterocycles. The lowest BCUT2D eigenvalue weighted by Gasteiger charge is -2.29. The number of hydrogen-bond donors (Lipinski definition) is 1. The second-order valence-electron chi connectivity index (χ2n) is 6.41. The van der Waals surface area contributed by atoms with Gasteiger partial charge in [0.25, 0.3) is 0 Å². The van der Waals surface area contributed by atoms with Gasteiger partial charge in [0.1, 0.15) is 0 Å². The zero-order valence-electron chi connectivity index (χ0n) is 13.0. The molecule has 0 aromatic carbocycles. The Hall–Kier alpha value is -0.590. The Balaban J connectivity index is 1.59. The van der Waals surface area contributed by atoms with Crippen molar-refractivity contribution in [2.45, 2.75) is 32.2 Å². The van der Waals surface area contributed by atoms with Crippen molar-refractivity contribution in [1.82, 2.24) is 20.4 Å². The van der Waals surface area contributed by atoms with E-state index in [2.05, 4.69) is 34.3 Å². The van der Waals surface area contributed by atoms with Gasteiger partial charge in [0.15, 0.2) is 5.82 Å². The smallest absolute Gasteiger partial charge is 0.226 e. The molecule has 6 heteroatoms. The summed E-state index contributed by atoms with van der Waals surface area (Å²) in [6.07, 6.45) is 3.51. The minimum atomic E-state index is 0.313. The van der Waals surface area contributed by atoms with E-state index in [0.29, 0.717) is 12.0 Å². The fourth-order valence-corrected chi connectivity index (χ4v) is 4.46. The Morgan fingerprint density at radius 2 is 2.43 bits per heavy atom. The van der Waals surface area contributed by atoms with E-state index in [1.54, 1.807) is 0 Å².